The molecule has 2 rings (SSSR count). The third-order valence-electron chi connectivity index (χ3n) is 2.60. The molecular formula is C10H8N2O5. The van der Waals surface area contributed by atoms with Crippen LogP contribution in [-0.2, 0) is 0 Å². The van der Waals surface area contributed by atoms with Gasteiger partial charge in [0.25, 0.3) is 17.5 Å². The molecule has 0 aliphatic carbocycles. The molecule has 2 amide bonds. The highest BCUT2D eigenvalue weighted by Gasteiger charge is 2.41. The summed E-state index contributed by atoms with van der Waals surface area (Å²) in [5.41, 5.74) is -0.639. The van der Waals surface area contributed by atoms with Crippen molar-refractivity contribution in [1.29, 1.82) is 0 Å². The second-order valence-corrected chi connectivity index (χ2v) is 3.46. The van der Waals surface area contributed by atoms with E-state index in [9.17, 15) is 19.7 Å². The fraction of sp³-hybridized carbons (Fsp3) is 0.200. The lowest BCUT2D eigenvalue weighted by atomic mass is 10.1. The molecule has 7 nitrogen and oxygen atoms in total. The molecular weight excluding hydrogens is 228 g/mol. The van der Waals surface area contributed by atoms with Crippen LogP contribution in [0.15, 0.2) is 12.1 Å². The number of nitro groups is 1. The zero-order valence-corrected chi connectivity index (χ0v) is 9.09. The maximum absolute atomic E-state index is 11.8. The van der Waals surface area contributed by atoms with Crippen molar-refractivity contribution >= 4 is 17.5 Å². The van der Waals surface area contributed by atoms with Gasteiger partial charge in [-0.15, -0.1) is 0 Å². The summed E-state index contributed by atoms with van der Waals surface area (Å²) in [4.78, 5) is 34.5. The zero-order valence-electron chi connectivity index (χ0n) is 9.09. The molecule has 0 fully saturated rings. The quantitative estimate of drug-likeness (QED) is 0.431. The van der Waals surface area contributed by atoms with Gasteiger partial charge in [0, 0.05) is 13.1 Å². The van der Waals surface area contributed by atoms with Crippen molar-refractivity contribution in [3.05, 3.63) is 33.4 Å². The molecule has 0 aromatic heterocycles. The largest absolute Gasteiger partial charge is 0.496 e. The van der Waals surface area contributed by atoms with Crippen LogP contribution in [0.1, 0.15) is 20.7 Å². The van der Waals surface area contributed by atoms with Crippen molar-refractivity contribution in [2.24, 2.45) is 0 Å². The molecule has 1 aromatic rings. The molecule has 0 N–H and O–H groups in total. The summed E-state index contributed by atoms with van der Waals surface area (Å²) in [6, 6.07) is 2.46. The zero-order chi connectivity index (χ0) is 12.7. The minimum absolute atomic E-state index is 0.0470. The Balaban J connectivity index is 2.80. The van der Waals surface area contributed by atoms with Crippen LogP contribution < -0.4 is 4.74 Å². The van der Waals surface area contributed by atoms with Crippen molar-refractivity contribution in [1.82, 2.24) is 4.90 Å². The number of ether oxygens (including phenoxy) is 1. The van der Waals surface area contributed by atoms with Crippen molar-refractivity contribution in [2.75, 3.05) is 14.2 Å². The van der Waals surface area contributed by atoms with Gasteiger partial charge >= 0.3 is 0 Å². The lowest BCUT2D eigenvalue weighted by Gasteiger charge is -2.04. The molecule has 1 aliphatic heterocycles. The van der Waals surface area contributed by atoms with Gasteiger partial charge in [-0.3, -0.25) is 24.6 Å². The highest BCUT2D eigenvalue weighted by atomic mass is 16.6. The molecule has 0 unspecified atom stereocenters. The highest BCUT2D eigenvalue weighted by Crippen LogP contribution is 2.36. The van der Waals surface area contributed by atoms with E-state index >= 15 is 0 Å². The van der Waals surface area contributed by atoms with E-state index in [1.54, 1.807) is 0 Å². The number of nitrogens with zero attached hydrogens (tertiary/aromatic N) is 2. The first-order valence-corrected chi connectivity index (χ1v) is 4.66. The maximum Gasteiger partial charge on any atom is 0.283 e. The van der Waals surface area contributed by atoms with E-state index in [0.717, 1.165) is 11.0 Å². The molecule has 0 bridgehead atoms. The number of fused-ring (bicyclic) bond motifs is 1. The smallest absolute Gasteiger partial charge is 0.283 e. The van der Waals surface area contributed by atoms with Crippen LogP contribution in [0.2, 0.25) is 0 Å². The van der Waals surface area contributed by atoms with E-state index in [1.165, 1.54) is 20.2 Å². The first kappa shape index (κ1) is 11.1. The van der Waals surface area contributed by atoms with Crippen LogP contribution in [0.4, 0.5) is 5.69 Å². The molecule has 0 saturated carbocycles. The molecule has 1 aromatic carbocycles. The van der Waals surface area contributed by atoms with E-state index in [0.29, 0.717) is 0 Å². The molecule has 0 saturated heterocycles. The van der Waals surface area contributed by atoms with Crippen molar-refractivity contribution in [2.45, 2.75) is 0 Å². The third kappa shape index (κ3) is 1.36. The minimum atomic E-state index is -0.692. The first-order valence-electron chi connectivity index (χ1n) is 4.66. The van der Waals surface area contributed by atoms with Crippen LogP contribution in [0.5, 0.6) is 5.75 Å². The number of hydrogen-bond acceptors (Lipinski definition) is 5. The molecule has 0 radical (unpaired) electrons. The fourth-order valence-corrected chi connectivity index (χ4v) is 1.75. The van der Waals surface area contributed by atoms with Crippen molar-refractivity contribution in [3.63, 3.8) is 0 Å². The van der Waals surface area contributed by atoms with Gasteiger partial charge in [0.1, 0.15) is 16.9 Å². The standard InChI is InChI=1S/C10H8N2O5/c1-11-9(13)7-5(12(15)16)3-4-6(17-2)8(7)10(11)14/h3-4H,1-2H3. The van der Waals surface area contributed by atoms with E-state index in [4.69, 9.17) is 4.74 Å². The Bertz CT molecular complexity index is 552. The Morgan fingerprint density at radius 1 is 1.24 bits per heavy atom. The van der Waals surface area contributed by atoms with E-state index < -0.39 is 16.7 Å². The van der Waals surface area contributed by atoms with Gasteiger partial charge in [-0.2, -0.15) is 0 Å². The van der Waals surface area contributed by atoms with Crippen molar-refractivity contribution < 1.29 is 19.2 Å². The SMILES string of the molecule is COc1ccc([N+](=O)[O-])c2c1C(=O)N(C)C2=O. The first-order chi connectivity index (χ1) is 7.99. The van der Waals surface area contributed by atoms with Gasteiger partial charge in [-0.05, 0) is 6.07 Å². The van der Waals surface area contributed by atoms with Crippen LogP contribution >= 0.6 is 0 Å². The summed E-state index contributed by atoms with van der Waals surface area (Å²) >= 11 is 0. The number of benzene rings is 1. The summed E-state index contributed by atoms with van der Waals surface area (Å²) in [7, 11) is 2.60. The van der Waals surface area contributed by atoms with Gasteiger partial charge in [0.05, 0.1) is 12.0 Å². The summed E-state index contributed by atoms with van der Waals surface area (Å²) in [5.74, 6) is -1.12. The van der Waals surface area contributed by atoms with E-state index in [-0.39, 0.29) is 22.6 Å². The summed E-state index contributed by atoms with van der Waals surface area (Å²) < 4.78 is 4.94. The highest BCUT2D eigenvalue weighted by molar-refractivity contribution is 6.24. The second kappa shape index (κ2) is 3.55. The number of carbonyl (C=O) groups excluding carboxylic acids is 2. The number of amides is 2. The Labute approximate surface area is 95.7 Å². The second-order valence-electron chi connectivity index (χ2n) is 3.46. The third-order valence-corrected chi connectivity index (χ3v) is 2.60. The topological polar surface area (TPSA) is 89.8 Å². The number of nitro benzene ring substituents is 1. The van der Waals surface area contributed by atoms with Crippen molar-refractivity contribution in [3.8, 4) is 5.75 Å². The molecule has 1 heterocycles. The Hall–Kier alpha value is -2.44. The van der Waals surface area contributed by atoms with Crippen LogP contribution in [0, 0.1) is 10.1 Å². The lowest BCUT2D eigenvalue weighted by Crippen LogP contribution is -2.24. The van der Waals surface area contributed by atoms with Gasteiger partial charge < -0.3 is 4.74 Å². The normalized spacial score (nSPS) is 13.9. The van der Waals surface area contributed by atoms with E-state index in [2.05, 4.69) is 0 Å². The molecule has 1 aliphatic rings. The summed E-state index contributed by atoms with van der Waals surface area (Å²) in [6.07, 6.45) is 0. The predicted molar refractivity (Wildman–Crippen MR) is 56.1 cm³/mol. The Kier molecular flexibility index (Phi) is 2.31. The van der Waals surface area contributed by atoms with Crippen LogP contribution in [0.25, 0.3) is 0 Å². The van der Waals surface area contributed by atoms with E-state index in [1.807, 2.05) is 0 Å². The number of hydrogen-bond donors (Lipinski definition) is 0. The predicted octanol–water partition coefficient (Wildman–Crippen LogP) is 0.829. The summed E-state index contributed by atoms with van der Waals surface area (Å²) in [5, 5.41) is 10.8. The lowest BCUT2D eigenvalue weighted by molar-refractivity contribution is -0.385. The van der Waals surface area contributed by atoms with Gasteiger partial charge in [0.2, 0.25) is 0 Å². The molecule has 88 valence electrons. The molecule has 17 heavy (non-hydrogen) atoms. The Morgan fingerprint density at radius 3 is 2.35 bits per heavy atom. The average Bonchev–Trinajstić information content (AvgIpc) is 2.54. The minimum Gasteiger partial charge on any atom is -0.496 e. The average molecular weight is 236 g/mol. The number of imide groups is 1. The Morgan fingerprint density at radius 2 is 1.82 bits per heavy atom. The van der Waals surface area contributed by atoms with Crippen LogP contribution in [0.3, 0.4) is 0 Å². The molecule has 7 heteroatoms. The fourth-order valence-electron chi connectivity index (χ4n) is 1.75. The number of rotatable bonds is 2. The van der Waals surface area contributed by atoms with Gasteiger partial charge in [-0.25, -0.2) is 0 Å². The number of methoxy groups -OCH3 is 1. The molecule has 0 atom stereocenters. The van der Waals surface area contributed by atoms with Crippen LogP contribution in [-0.4, -0.2) is 35.8 Å². The maximum atomic E-state index is 11.8. The molecule has 0 spiro atoms. The summed E-state index contributed by atoms with van der Waals surface area (Å²) in [6.45, 7) is 0. The van der Waals surface area contributed by atoms with Gasteiger partial charge in [-0.1, -0.05) is 0 Å². The number of carbonyl (C=O) groups is 2. The van der Waals surface area contributed by atoms with Gasteiger partial charge in [0.15, 0.2) is 0 Å². The monoisotopic (exact) mass is 236 g/mol.